The minimum Gasteiger partial charge on any atom is -0.462 e. The second-order valence-electron chi connectivity index (χ2n) is 6.71. The number of rotatable bonds is 4. The van der Waals surface area contributed by atoms with Crippen LogP contribution in [0.3, 0.4) is 0 Å². The van der Waals surface area contributed by atoms with Gasteiger partial charge in [0, 0.05) is 18.6 Å². The summed E-state index contributed by atoms with van der Waals surface area (Å²) in [4.78, 5) is 22.5. The number of amides is 1. The van der Waals surface area contributed by atoms with Gasteiger partial charge in [-0.25, -0.2) is 9.59 Å². The third-order valence-corrected chi connectivity index (χ3v) is 4.37. The van der Waals surface area contributed by atoms with E-state index in [4.69, 9.17) is 29.1 Å². The maximum atomic E-state index is 11.3. The molecule has 1 aliphatic rings. The van der Waals surface area contributed by atoms with E-state index >= 15 is 0 Å². The van der Waals surface area contributed by atoms with Crippen LogP contribution >= 0.6 is 0 Å². The van der Waals surface area contributed by atoms with Crippen LogP contribution in [0.5, 0.6) is 5.75 Å². The Kier molecular flexibility index (Phi) is 5.09. The zero-order valence-electron chi connectivity index (χ0n) is 15.1. The zero-order valence-corrected chi connectivity index (χ0v) is 15.1. The van der Waals surface area contributed by atoms with Crippen molar-refractivity contribution < 1.29 is 33.3 Å². The SMILES string of the molecule is COC1C(OC(N)=O)C(O)[C@H](Oc2ccc3oc(=O)ccc3c2)OC1(C)C. The molecular weight excluding hydrogens is 358 g/mol. The molecule has 0 saturated carbocycles. The van der Waals surface area contributed by atoms with Crippen molar-refractivity contribution in [2.24, 2.45) is 5.73 Å². The summed E-state index contributed by atoms with van der Waals surface area (Å²) in [7, 11) is 1.41. The number of primary amides is 1. The number of nitrogens with two attached hydrogens (primary N) is 1. The first-order chi connectivity index (χ1) is 12.7. The van der Waals surface area contributed by atoms with Gasteiger partial charge in [-0.2, -0.15) is 0 Å². The summed E-state index contributed by atoms with van der Waals surface area (Å²) in [5.74, 6) is 0.366. The lowest BCUT2D eigenvalue weighted by molar-refractivity contribution is -0.304. The predicted octanol–water partition coefficient (Wildman–Crippen LogP) is 1.15. The van der Waals surface area contributed by atoms with E-state index in [9.17, 15) is 14.7 Å². The van der Waals surface area contributed by atoms with Crippen LogP contribution in [0.1, 0.15) is 13.8 Å². The molecule has 0 aliphatic carbocycles. The molecule has 1 aliphatic heterocycles. The summed E-state index contributed by atoms with van der Waals surface area (Å²) in [6, 6.07) is 7.66. The first kappa shape index (κ1) is 19.2. The van der Waals surface area contributed by atoms with Gasteiger partial charge in [-0.05, 0) is 38.1 Å². The number of carbonyl (C=O) groups excluding carboxylic acids is 1. The number of aliphatic hydroxyl groups is 1. The molecule has 1 aromatic heterocycles. The van der Waals surface area contributed by atoms with Crippen molar-refractivity contribution in [3.63, 3.8) is 0 Å². The Labute approximate surface area is 154 Å². The Hall–Kier alpha value is -2.62. The fourth-order valence-corrected chi connectivity index (χ4v) is 3.20. The Bertz CT molecular complexity index is 892. The standard InChI is InChI=1S/C18H21NO8/c1-18(2)15(23-3)14(26-17(19)22)13(21)16(27-18)24-10-5-6-11-9(8-10)4-7-12(20)25-11/h4-8,13-16,21H,1-3H3,(H2,19,22)/t13?,14?,15?,16-/m1/s1. The number of aliphatic hydroxyl groups excluding tert-OH is 1. The summed E-state index contributed by atoms with van der Waals surface area (Å²) < 4.78 is 27.1. The van der Waals surface area contributed by atoms with Crippen LogP contribution in [-0.4, -0.2) is 48.5 Å². The molecule has 1 saturated heterocycles. The van der Waals surface area contributed by atoms with Crippen LogP contribution in [0.15, 0.2) is 39.5 Å². The van der Waals surface area contributed by atoms with Gasteiger partial charge in [0.2, 0.25) is 6.29 Å². The van der Waals surface area contributed by atoms with Crippen molar-refractivity contribution in [2.45, 2.75) is 44.1 Å². The van der Waals surface area contributed by atoms with E-state index in [1.54, 1.807) is 38.1 Å². The van der Waals surface area contributed by atoms with Gasteiger partial charge in [-0.1, -0.05) is 0 Å². The minimum atomic E-state index is -1.35. The van der Waals surface area contributed by atoms with Gasteiger partial charge < -0.3 is 34.2 Å². The van der Waals surface area contributed by atoms with Crippen LogP contribution in [0.4, 0.5) is 4.79 Å². The maximum absolute atomic E-state index is 11.3. The second-order valence-corrected chi connectivity index (χ2v) is 6.71. The summed E-state index contributed by atoms with van der Waals surface area (Å²) in [5.41, 5.74) is 4.12. The molecule has 2 aromatic rings. The average molecular weight is 379 g/mol. The summed E-state index contributed by atoms with van der Waals surface area (Å²) in [5, 5.41) is 11.2. The fraction of sp³-hybridized carbons (Fsp3) is 0.444. The molecule has 3 rings (SSSR count). The number of hydrogen-bond acceptors (Lipinski definition) is 8. The van der Waals surface area contributed by atoms with Gasteiger partial charge in [-0.15, -0.1) is 0 Å². The number of benzene rings is 1. The van der Waals surface area contributed by atoms with Crippen molar-refractivity contribution in [1.82, 2.24) is 0 Å². The number of ether oxygens (including phenoxy) is 4. The summed E-state index contributed by atoms with van der Waals surface area (Å²) >= 11 is 0. The van der Waals surface area contributed by atoms with Gasteiger partial charge in [0.1, 0.15) is 17.4 Å². The highest BCUT2D eigenvalue weighted by molar-refractivity contribution is 5.77. The molecule has 3 N–H and O–H groups in total. The third-order valence-electron chi connectivity index (χ3n) is 4.37. The quantitative estimate of drug-likeness (QED) is 0.757. The molecular formula is C18H21NO8. The molecule has 4 atom stereocenters. The van der Waals surface area contributed by atoms with E-state index in [0.29, 0.717) is 16.7 Å². The fourth-order valence-electron chi connectivity index (χ4n) is 3.20. The third kappa shape index (κ3) is 3.90. The van der Waals surface area contributed by atoms with Gasteiger partial charge in [-0.3, -0.25) is 0 Å². The Morgan fingerprint density at radius 2 is 2.00 bits per heavy atom. The highest BCUT2D eigenvalue weighted by Crippen LogP contribution is 2.34. The van der Waals surface area contributed by atoms with E-state index in [0.717, 1.165) is 0 Å². The number of fused-ring (bicyclic) bond motifs is 1. The largest absolute Gasteiger partial charge is 0.462 e. The highest BCUT2D eigenvalue weighted by atomic mass is 16.7. The molecule has 9 nitrogen and oxygen atoms in total. The molecule has 3 unspecified atom stereocenters. The molecule has 2 heterocycles. The van der Waals surface area contributed by atoms with Gasteiger partial charge in [0.05, 0.1) is 5.60 Å². The first-order valence-corrected chi connectivity index (χ1v) is 8.26. The van der Waals surface area contributed by atoms with Gasteiger partial charge in [0.25, 0.3) is 0 Å². The lowest BCUT2D eigenvalue weighted by Crippen LogP contribution is -2.65. The van der Waals surface area contributed by atoms with Gasteiger partial charge in [0.15, 0.2) is 12.2 Å². The average Bonchev–Trinajstić information content (AvgIpc) is 2.58. The van der Waals surface area contributed by atoms with Crippen LogP contribution in [0.2, 0.25) is 0 Å². The molecule has 0 spiro atoms. The Morgan fingerprint density at radius 3 is 2.67 bits per heavy atom. The first-order valence-electron chi connectivity index (χ1n) is 8.26. The van der Waals surface area contributed by atoms with Crippen molar-refractivity contribution in [3.8, 4) is 5.75 Å². The predicted molar refractivity (Wildman–Crippen MR) is 93.3 cm³/mol. The monoisotopic (exact) mass is 379 g/mol. The lowest BCUT2D eigenvalue weighted by Gasteiger charge is -2.47. The van der Waals surface area contributed by atoms with Crippen LogP contribution in [-0.2, 0) is 14.2 Å². The van der Waals surface area contributed by atoms with Crippen LogP contribution < -0.4 is 16.1 Å². The van der Waals surface area contributed by atoms with E-state index in [2.05, 4.69) is 0 Å². The molecule has 1 amide bonds. The molecule has 1 fully saturated rings. The Morgan fingerprint density at radius 1 is 1.26 bits per heavy atom. The van der Waals surface area contributed by atoms with E-state index in [-0.39, 0.29) is 0 Å². The molecule has 27 heavy (non-hydrogen) atoms. The number of methoxy groups -OCH3 is 1. The van der Waals surface area contributed by atoms with E-state index < -0.39 is 41.9 Å². The lowest BCUT2D eigenvalue weighted by atomic mass is 9.89. The smallest absolute Gasteiger partial charge is 0.404 e. The van der Waals surface area contributed by atoms with Crippen LogP contribution in [0, 0.1) is 0 Å². The summed E-state index contributed by atoms with van der Waals surface area (Å²) in [6.07, 6.45) is -5.38. The van der Waals surface area contributed by atoms with E-state index in [1.165, 1.54) is 13.2 Å². The van der Waals surface area contributed by atoms with Crippen molar-refractivity contribution >= 4 is 17.1 Å². The topological polar surface area (TPSA) is 130 Å². The van der Waals surface area contributed by atoms with Crippen LogP contribution in [0.25, 0.3) is 11.0 Å². The Balaban J connectivity index is 1.88. The van der Waals surface area contributed by atoms with Gasteiger partial charge >= 0.3 is 11.7 Å². The highest BCUT2D eigenvalue weighted by Gasteiger charge is 2.53. The molecule has 9 heteroatoms. The second kappa shape index (κ2) is 7.18. The van der Waals surface area contributed by atoms with Crippen molar-refractivity contribution in [2.75, 3.05) is 7.11 Å². The number of hydrogen-bond donors (Lipinski definition) is 2. The zero-order chi connectivity index (χ0) is 19.8. The van der Waals surface area contributed by atoms with E-state index in [1.807, 2.05) is 0 Å². The molecule has 146 valence electrons. The molecule has 0 radical (unpaired) electrons. The summed E-state index contributed by atoms with van der Waals surface area (Å²) in [6.45, 7) is 3.44. The molecule has 0 bridgehead atoms. The number of carbonyl (C=O) groups is 1. The minimum absolute atomic E-state index is 0.366. The normalized spacial score (nSPS) is 27.3. The van der Waals surface area contributed by atoms with Crippen molar-refractivity contribution in [1.29, 1.82) is 0 Å². The maximum Gasteiger partial charge on any atom is 0.404 e. The molecule has 1 aromatic carbocycles. The van der Waals surface area contributed by atoms with Crippen molar-refractivity contribution in [3.05, 3.63) is 40.8 Å².